The number of rotatable bonds is 14. The molecule has 0 N–H and O–H groups in total. The molecule has 1 saturated carbocycles. The highest BCUT2D eigenvalue weighted by molar-refractivity contribution is 5.35. The van der Waals surface area contributed by atoms with Crippen LogP contribution in [0.5, 0.6) is 17.2 Å². The first-order valence-corrected chi connectivity index (χ1v) is 13.2. The molecule has 3 nitrogen and oxygen atoms in total. The van der Waals surface area contributed by atoms with Crippen LogP contribution in [0.15, 0.2) is 36.4 Å². The van der Waals surface area contributed by atoms with Crippen molar-refractivity contribution in [1.82, 2.24) is 0 Å². The highest BCUT2D eigenvalue weighted by Gasteiger charge is 2.35. The minimum Gasteiger partial charge on any atom is -0.490 e. The lowest BCUT2D eigenvalue weighted by atomic mass is 9.80. The van der Waals surface area contributed by atoms with E-state index in [9.17, 15) is 17.6 Å². The average molecular weight is 511 g/mol. The van der Waals surface area contributed by atoms with E-state index in [1.54, 1.807) is 12.1 Å². The molecule has 0 spiro atoms. The van der Waals surface area contributed by atoms with Crippen LogP contribution in [-0.4, -0.2) is 19.3 Å². The third-order valence-corrected chi connectivity index (χ3v) is 6.81. The third kappa shape index (κ3) is 8.59. The van der Waals surface area contributed by atoms with Crippen LogP contribution in [-0.2, 0) is 6.42 Å². The predicted molar refractivity (Wildman–Crippen MR) is 133 cm³/mol. The van der Waals surface area contributed by atoms with Crippen molar-refractivity contribution in [3.05, 3.63) is 53.6 Å². The molecule has 2 aromatic carbocycles. The van der Waals surface area contributed by atoms with Crippen molar-refractivity contribution in [1.29, 1.82) is 0 Å². The highest BCUT2D eigenvalue weighted by atomic mass is 19.3. The topological polar surface area (TPSA) is 27.7 Å². The molecule has 1 fully saturated rings. The van der Waals surface area contributed by atoms with Gasteiger partial charge in [-0.1, -0.05) is 64.5 Å². The fourth-order valence-corrected chi connectivity index (χ4v) is 4.70. The Kier molecular flexibility index (Phi) is 10.7. The maximum absolute atomic E-state index is 14.5. The minimum absolute atomic E-state index is 0.247. The Balaban J connectivity index is 1.49. The van der Waals surface area contributed by atoms with Gasteiger partial charge in [0.1, 0.15) is 5.75 Å². The molecule has 0 saturated heterocycles. The number of aryl methyl sites for hydroxylation is 1. The third-order valence-electron chi connectivity index (χ3n) is 6.81. The van der Waals surface area contributed by atoms with Crippen LogP contribution in [0.4, 0.5) is 17.6 Å². The molecule has 0 heterocycles. The lowest BCUT2D eigenvalue weighted by molar-refractivity contribution is -0.196. The minimum atomic E-state index is -3.85. The second-order valence-electron chi connectivity index (χ2n) is 9.81. The smallest absolute Gasteiger partial charge is 0.433 e. The summed E-state index contributed by atoms with van der Waals surface area (Å²) in [4.78, 5) is 0. The van der Waals surface area contributed by atoms with E-state index in [0.29, 0.717) is 0 Å². The molecule has 200 valence electrons. The van der Waals surface area contributed by atoms with E-state index in [4.69, 9.17) is 9.47 Å². The molecular formula is C29H38F4O3. The number of halogens is 4. The Bertz CT molecular complexity index is 925. The molecule has 0 atom stereocenters. The van der Waals surface area contributed by atoms with Crippen molar-refractivity contribution < 1.29 is 31.8 Å². The first kappa shape index (κ1) is 28.1. The quantitative estimate of drug-likeness (QED) is 0.188. The van der Waals surface area contributed by atoms with Gasteiger partial charge in [0.2, 0.25) is 11.6 Å². The molecule has 0 aliphatic heterocycles. The molecule has 2 aromatic rings. The summed E-state index contributed by atoms with van der Waals surface area (Å²) in [6.45, 7) is 3.44. The molecule has 1 aliphatic rings. The van der Waals surface area contributed by atoms with Gasteiger partial charge in [-0.3, -0.25) is 0 Å². The van der Waals surface area contributed by atoms with Gasteiger partial charge in [0.25, 0.3) is 0 Å². The van der Waals surface area contributed by atoms with E-state index in [-0.39, 0.29) is 24.0 Å². The normalized spacial score (nSPS) is 18.2. The van der Waals surface area contributed by atoms with Gasteiger partial charge in [0.05, 0.1) is 6.61 Å². The van der Waals surface area contributed by atoms with Gasteiger partial charge in [-0.15, -0.1) is 0 Å². The predicted octanol–water partition coefficient (Wildman–Crippen LogP) is 8.73. The van der Waals surface area contributed by atoms with Crippen LogP contribution in [0.3, 0.4) is 0 Å². The summed E-state index contributed by atoms with van der Waals surface area (Å²) in [6, 6.07) is 8.97. The van der Waals surface area contributed by atoms with E-state index >= 15 is 0 Å². The SMILES string of the molecule is CCCCCc1ccc(OCC(F)(F)Oc2ccc(OCC3CCC(CCC)CC3)c(F)c2F)cc1. The zero-order chi connectivity index (χ0) is 26.0. The Morgan fingerprint density at radius 2 is 1.42 bits per heavy atom. The molecule has 7 heteroatoms. The second kappa shape index (κ2) is 13.8. The fourth-order valence-electron chi connectivity index (χ4n) is 4.70. The monoisotopic (exact) mass is 510 g/mol. The Morgan fingerprint density at radius 1 is 0.778 bits per heavy atom. The second-order valence-corrected chi connectivity index (χ2v) is 9.81. The standard InChI is InChI=1S/C29H38F4O3/c1-3-5-6-8-22-13-15-24(16-14-22)35-20-29(32,33)36-26-18-17-25(27(30)28(26)31)34-19-23-11-9-21(7-4-2)10-12-23/h13-18,21,23H,3-12,19-20H2,1-2H3. The van der Waals surface area contributed by atoms with Gasteiger partial charge >= 0.3 is 6.11 Å². The van der Waals surface area contributed by atoms with E-state index in [2.05, 4.69) is 18.6 Å². The molecule has 0 aromatic heterocycles. The molecule has 1 aliphatic carbocycles. The number of unbranched alkanes of at least 4 members (excludes halogenated alkanes) is 2. The number of alkyl halides is 2. The summed E-state index contributed by atoms with van der Waals surface area (Å²) >= 11 is 0. The summed E-state index contributed by atoms with van der Waals surface area (Å²) in [6.07, 6.45) is 6.98. The van der Waals surface area contributed by atoms with Gasteiger partial charge in [0.15, 0.2) is 18.1 Å². The van der Waals surface area contributed by atoms with Crippen LogP contribution in [0, 0.1) is 23.5 Å². The van der Waals surface area contributed by atoms with Gasteiger partial charge in [-0.05, 0) is 67.3 Å². The van der Waals surface area contributed by atoms with Crippen LogP contribution in [0.2, 0.25) is 0 Å². The van der Waals surface area contributed by atoms with Crippen molar-refractivity contribution in [2.75, 3.05) is 13.2 Å². The zero-order valence-electron chi connectivity index (χ0n) is 21.3. The maximum atomic E-state index is 14.5. The van der Waals surface area contributed by atoms with Gasteiger partial charge in [0, 0.05) is 0 Å². The van der Waals surface area contributed by atoms with Crippen LogP contribution < -0.4 is 14.2 Å². The van der Waals surface area contributed by atoms with Crippen LogP contribution >= 0.6 is 0 Å². The summed E-state index contributed by atoms with van der Waals surface area (Å²) in [7, 11) is 0. The van der Waals surface area contributed by atoms with Crippen molar-refractivity contribution in [3.8, 4) is 17.2 Å². The average Bonchev–Trinajstić information content (AvgIpc) is 2.87. The van der Waals surface area contributed by atoms with Gasteiger partial charge in [-0.2, -0.15) is 17.6 Å². The summed E-state index contributed by atoms with van der Waals surface area (Å²) in [5, 5.41) is 0. The van der Waals surface area contributed by atoms with Crippen LogP contribution in [0.1, 0.15) is 77.2 Å². The molecule has 3 rings (SSSR count). The number of hydrogen-bond acceptors (Lipinski definition) is 3. The zero-order valence-corrected chi connectivity index (χ0v) is 21.3. The summed E-state index contributed by atoms with van der Waals surface area (Å²) in [5.74, 6) is -2.76. The first-order chi connectivity index (χ1) is 17.3. The molecule has 0 radical (unpaired) electrons. The summed E-state index contributed by atoms with van der Waals surface area (Å²) in [5.41, 5.74) is 1.10. The lowest BCUT2D eigenvalue weighted by Gasteiger charge is -2.28. The van der Waals surface area contributed by atoms with Crippen molar-refractivity contribution in [3.63, 3.8) is 0 Å². The Morgan fingerprint density at radius 3 is 2.08 bits per heavy atom. The van der Waals surface area contributed by atoms with E-state index in [0.717, 1.165) is 75.0 Å². The van der Waals surface area contributed by atoms with Crippen LogP contribution in [0.25, 0.3) is 0 Å². The van der Waals surface area contributed by atoms with Gasteiger partial charge < -0.3 is 14.2 Å². The fraction of sp³-hybridized carbons (Fsp3) is 0.586. The van der Waals surface area contributed by atoms with E-state index < -0.39 is 30.1 Å². The first-order valence-electron chi connectivity index (χ1n) is 13.2. The van der Waals surface area contributed by atoms with Crippen molar-refractivity contribution in [2.45, 2.75) is 84.2 Å². The molecule has 36 heavy (non-hydrogen) atoms. The van der Waals surface area contributed by atoms with Gasteiger partial charge in [-0.25, -0.2) is 0 Å². The largest absolute Gasteiger partial charge is 0.490 e. The number of ether oxygens (including phenoxy) is 3. The highest BCUT2D eigenvalue weighted by Crippen LogP contribution is 2.34. The van der Waals surface area contributed by atoms with Crippen molar-refractivity contribution in [2.24, 2.45) is 11.8 Å². The van der Waals surface area contributed by atoms with E-state index in [1.165, 1.54) is 12.8 Å². The molecular weight excluding hydrogens is 472 g/mol. The number of benzene rings is 2. The van der Waals surface area contributed by atoms with Crippen molar-refractivity contribution >= 4 is 0 Å². The molecule has 0 bridgehead atoms. The van der Waals surface area contributed by atoms with E-state index in [1.807, 2.05) is 12.1 Å². The molecule has 0 unspecified atom stereocenters. The summed E-state index contributed by atoms with van der Waals surface area (Å²) < 4.78 is 72.7. The molecule has 0 amide bonds. The lowest BCUT2D eigenvalue weighted by Crippen LogP contribution is -2.33. The Labute approximate surface area is 212 Å². The maximum Gasteiger partial charge on any atom is 0.433 e. The Hall–Kier alpha value is -2.44. The number of hydrogen-bond donors (Lipinski definition) is 0.